The highest BCUT2D eigenvalue weighted by molar-refractivity contribution is 6.74. The van der Waals surface area contributed by atoms with Crippen molar-refractivity contribution >= 4 is 14.1 Å². The molecule has 3 atom stereocenters. The molecule has 0 unspecified atom stereocenters. The molecule has 0 spiro atoms. The molecule has 244 valence electrons. The minimum Gasteiger partial charge on any atom is -0.497 e. The molecular weight excluding hydrogens is 598 g/mol. The Balaban J connectivity index is 1.59. The van der Waals surface area contributed by atoms with Gasteiger partial charge in [-0.2, -0.15) is 4.98 Å². The fourth-order valence-electron chi connectivity index (χ4n) is 5.63. The van der Waals surface area contributed by atoms with Crippen LogP contribution in [-0.2, 0) is 19.5 Å². The van der Waals surface area contributed by atoms with Gasteiger partial charge < -0.3 is 29.1 Å². The van der Waals surface area contributed by atoms with E-state index in [1.54, 1.807) is 26.5 Å². The molecule has 2 N–H and O–H groups in total. The van der Waals surface area contributed by atoms with Gasteiger partial charge >= 0.3 is 5.69 Å². The molecule has 0 radical (unpaired) electrons. The van der Waals surface area contributed by atoms with Crippen molar-refractivity contribution < 1.29 is 23.4 Å². The van der Waals surface area contributed by atoms with Crippen molar-refractivity contribution in [2.45, 2.75) is 69.4 Å². The number of nitrogens with two attached hydrogens (primary N) is 1. The molecule has 0 amide bonds. The number of benzene rings is 3. The molecular formula is C36H45N3O6Si. The SMILES string of the molecule is COc1ccc(C(OC[C@H]2O[C@@H](n3ccc(N)nc3=O)C[C@@H]2O[Si](C)(C)C(C)(C)C)(c2ccccc2)c2ccc(OC)cc2)cc1. The number of nitrogen functional groups attached to an aromatic ring is 1. The summed E-state index contributed by atoms with van der Waals surface area (Å²) in [7, 11) is 1.06. The topological polar surface area (TPSA) is 107 Å². The Bertz CT molecular complexity index is 1610. The first-order valence-electron chi connectivity index (χ1n) is 15.5. The van der Waals surface area contributed by atoms with Crippen molar-refractivity contribution in [3.8, 4) is 11.5 Å². The summed E-state index contributed by atoms with van der Waals surface area (Å²) in [5.74, 6) is 1.65. The molecule has 1 aliphatic rings. The lowest BCUT2D eigenvalue weighted by Crippen LogP contribution is -2.47. The lowest BCUT2D eigenvalue weighted by Gasteiger charge is -2.40. The third-order valence-corrected chi connectivity index (χ3v) is 13.7. The van der Waals surface area contributed by atoms with Crippen molar-refractivity contribution in [3.05, 3.63) is 118 Å². The first-order chi connectivity index (χ1) is 21.9. The smallest absolute Gasteiger partial charge is 0.351 e. The number of anilines is 1. The summed E-state index contributed by atoms with van der Waals surface area (Å²) in [5.41, 5.74) is 7.08. The van der Waals surface area contributed by atoms with Gasteiger partial charge in [0.05, 0.1) is 26.9 Å². The van der Waals surface area contributed by atoms with Crippen LogP contribution in [0, 0.1) is 0 Å². The van der Waals surface area contributed by atoms with Gasteiger partial charge in [0.15, 0.2) is 8.32 Å². The predicted octanol–water partition coefficient (Wildman–Crippen LogP) is 6.53. The van der Waals surface area contributed by atoms with Crippen LogP contribution in [0.2, 0.25) is 18.1 Å². The highest BCUT2D eigenvalue weighted by Gasteiger charge is 2.47. The molecule has 10 heteroatoms. The van der Waals surface area contributed by atoms with Gasteiger partial charge in [0.2, 0.25) is 0 Å². The van der Waals surface area contributed by atoms with E-state index in [1.807, 2.05) is 66.7 Å². The second kappa shape index (κ2) is 13.4. The lowest BCUT2D eigenvalue weighted by molar-refractivity contribution is -0.0928. The summed E-state index contributed by atoms with van der Waals surface area (Å²) >= 11 is 0. The molecule has 1 fully saturated rings. The van der Waals surface area contributed by atoms with Crippen LogP contribution in [0.25, 0.3) is 0 Å². The fourth-order valence-corrected chi connectivity index (χ4v) is 6.99. The van der Waals surface area contributed by atoms with E-state index in [0.29, 0.717) is 6.42 Å². The molecule has 46 heavy (non-hydrogen) atoms. The van der Waals surface area contributed by atoms with Crippen molar-refractivity contribution in [1.82, 2.24) is 9.55 Å². The summed E-state index contributed by atoms with van der Waals surface area (Å²) in [6, 6.07) is 27.6. The molecule has 4 aromatic rings. The largest absolute Gasteiger partial charge is 0.497 e. The number of rotatable bonds is 11. The zero-order chi connectivity index (χ0) is 33.1. The number of aromatic nitrogens is 2. The maximum absolute atomic E-state index is 12.9. The third kappa shape index (κ3) is 6.76. The van der Waals surface area contributed by atoms with E-state index in [0.717, 1.165) is 28.2 Å². The predicted molar refractivity (Wildman–Crippen MR) is 182 cm³/mol. The Morgan fingerprint density at radius 3 is 1.91 bits per heavy atom. The number of nitrogens with zero attached hydrogens (tertiary/aromatic N) is 2. The van der Waals surface area contributed by atoms with Gasteiger partial charge in [-0.1, -0.05) is 75.4 Å². The summed E-state index contributed by atoms with van der Waals surface area (Å²) in [6.07, 6.45) is 0.705. The van der Waals surface area contributed by atoms with Gasteiger partial charge in [-0.25, -0.2) is 4.79 Å². The summed E-state index contributed by atoms with van der Waals surface area (Å²) in [5, 5.41) is -0.0317. The number of methoxy groups -OCH3 is 2. The first-order valence-corrected chi connectivity index (χ1v) is 18.5. The van der Waals surface area contributed by atoms with Crippen LogP contribution in [0.1, 0.15) is 50.1 Å². The third-order valence-electron chi connectivity index (χ3n) is 9.23. The maximum atomic E-state index is 12.9. The van der Waals surface area contributed by atoms with Crippen LogP contribution < -0.4 is 20.9 Å². The average molecular weight is 644 g/mol. The number of hydrogen-bond acceptors (Lipinski definition) is 8. The molecule has 3 aromatic carbocycles. The Kier molecular flexibility index (Phi) is 9.74. The molecule has 9 nitrogen and oxygen atoms in total. The van der Waals surface area contributed by atoms with Crippen molar-refractivity contribution in [3.63, 3.8) is 0 Å². The molecule has 1 aliphatic heterocycles. The van der Waals surface area contributed by atoms with Crippen LogP contribution >= 0.6 is 0 Å². The van der Waals surface area contributed by atoms with Crippen molar-refractivity contribution in [2.75, 3.05) is 26.6 Å². The first kappa shape index (κ1) is 33.4. The quantitative estimate of drug-likeness (QED) is 0.145. The minimum atomic E-state index is -2.24. The summed E-state index contributed by atoms with van der Waals surface area (Å²) in [6.45, 7) is 11.2. The van der Waals surface area contributed by atoms with Crippen LogP contribution in [0.3, 0.4) is 0 Å². The number of hydrogen-bond donors (Lipinski definition) is 1. The van der Waals surface area contributed by atoms with Gasteiger partial charge in [0, 0.05) is 12.6 Å². The Hall–Kier alpha value is -3.96. The van der Waals surface area contributed by atoms with E-state index in [4.69, 9.17) is 29.1 Å². The molecule has 0 saturated carbocycles. The van der Waals surface area contributed by atoms with Gasteiger partial charge in [0.25, 0.3) is 0 Å². The zero-order valence-electron chi connectivity index (χ0n) is 27.7. The zero-order valence-corrected chi connectivity index (χ0v) is 28.7. The molecule has 5 rings (SSSR count). The van der Waals surface area contributed by atoms with Crippen LogP contribution in [0.4, 0.5) is 5.82 Å². The van der Waals surface area contributed by atoms with Crippen molar-refractivity contribution in [2.24, 2.45) is 0 Å². The Morgan fingerprint density at radius 2 is 1.41 bits per heavy atom. The van der Waals surface area contributed by atoms with Gasteiger partial charge in [-0.3, -0.25) is 4.57 Å². The Morgan fingerprint density at radius 1 is 0.870 bits per heavy atom. The van der Waals surface area contributed by atoms with E-state index < -0.39 is 31.9 Å². The van der Waals surface area contributed by atoms with Crippen LogP contribution in [0.15, 0.2) is 95.9 Å². The lowest BCUT2D eigenvalue weighted by atomic mass is 9.80. The average Bonchev–Trinajstić information content (AvgIpc) is 3.43. The molecule has 0 bridgehead atoms. The standard InChI is InChI=1S/C36H45N3O6Si/c1-35(2,3)46(6,7)45-30-23-33(39-22-21-32(37)38-34(39)40)44-31(30)24-43-36(25-11-9-8-10-12-25,26-13-17-28(41-4)18-14-26)27-15-19-29(42-5)20-16-27/h8-22,30-31,33H,23-24H2,1-7H3,(H2,37,38,40)/t30-,31+,33+/m0/s1. The number of ether oxygens (including phenoxy) is 4. The highest BCUT2D eigenvalue weighted by atomic mass is 28.4. The van der Waals surface area contributed by atoms with Crippen molar-refractivity contribution in [1.29, 1.82) is 0 Å². The molecule has 0 aliphatic carbocycles. The Labute approximate surface area is 272 Å². The fraction of sp³-hybridized carbons (Fsp3) is 0.389. The molecule has 1 aromatic heterocycles. The summed E-state index contributed by atoms with van der Waals surface area (Å²) < 4.78 is 33.3. The normalized spacial score (nSPS) is 18.8. The molecule has 2 heterocycles. The van der Waals surface area contributed by atoms with E-state index >= 15 is 0 Å². The van der Waals surface area contributed by atoms with Crippen LogP contribution in [0.5, 0.6) is 11.5 Å². The maximum Gasteiger partial charge on any atom is 0.351 e. The minimum absolute atomic E-state index is 0.0317. The van der Waals surface area contributed by atoms with Gasteiger partial charge in [0.1, 0.15) is 35.2 Å². The highest BCUT2D eigenvalue weighted by Crippen LogP contribution is 2.44. The van der Waals surface area contributed by atoms with E-state index in [1.165, 1.54) is 4.57 Å². The van der Waals surface area contributed by atoms with E-state index in [2.05, 4.69) is 51.0 Å². The summed E-state index contributed by atoms with van der Waals surface area (Å²) in [4.78, 5) is 16.8. The molecule has 1 saturated heterocycles. The van der Waals surface area contributed by atoms with Gasteiger partial charge in [-0.15, -0.1) is 0 Å². The van der Waals surface area contributed by atoms with E-state index in [-0.39, 0.29) is 23.6 Å². The van der Waals surface area contributed by atoms with Gasteiger partial charge in [-0.05, 0) is 65.2 Å². The second-order valence-electron chi connectivity index (χ2n) is 13.1. The van der Waals surface area contributed by atoms with Crippen LogP contribution in [-0.4, -0.2) is 50.9 Å². The van der Waals surface area contributed by atoms with E-state index in [9.17, 15) is 4.79 Å². The monoisotopic (exact) mass is 643 g/mol. The second-order valence-corrected chi connectivity index (χ2v) is 17.9.